The van der Waals surface area contributed by atoms with E-state index in [1.54, 1.807) is 19.2 Å². The van der Waals surface area contributed by atoms with Gasteiger partial charge in [0.2, 0.25) is 5.95 Å². The minimum absolute atomic E-state index is 0.337. The summed E-state index contributed by atoms with van der Waals surface area (Å²) in [6.07, 6.45) is 0.951. The highest BCUT2D eigenvalue weighted by Gasteiger charge is 2.12. The van der Waals surface area contributed by atoms with E-state index in [1.165, 1.54) is 0 Å². The molecule has 2 amide bonds. The van der Waals surface area contributed by atoms with Crippen molar-refractivity contribution in [3.63, 3.8) is 0 Å². The van der Waals surface area contributed by atoms with Crippen LogP contribution in [0.25, 0.3) is 11.0 Å². The third-order valence-corrected chi connectivity index (χ3v) is 3.65. The van der Waals surface area contributed by atoms with Crippen LogP contribution in [0.3, 0.4) is 0 Å². The van der Waals surface area contributed by atoms with Crippen LogP contribution in [-0.2, 0) is 6.54 Å². The van der Waals surface area contributed by atoms with E-state index in [-0.39, 0.29) is 6.03 Å². The Bertz CT molecular complexity index is 857. The third kappa shape index (κ3) is 3.32. The maximum atomic E-state index is 12.3. The number of nitrogens with one attached hydrogen (secondary N) is 2. The molecule has 24 heavy (non-hydrogen) atoms. The van der Waals surface area contributed by atoms with Gasteiger partial charge in [-0.25, -0.2) is 9.78 Å². The van der Waals surface area contributed by atoms with E-state index in [1.807, 2.05) is 41.0 Å². The highest BCUT2D eigenvalue weighted by atomic mass is 16.5. The van der Waals surface area contributed by atoms with Gasteiger partial charge in [0, 0.05) is 18.3 Å². The smallest absolute Gasteiger partial charge is 0.326 e. The number of para-hydroxylation sites is 2. The molecule has 0 fully saturated rings. The minimum Gasteiger partial charge on any atom is -0.497 e. The lowest BCUT2D eigenvalue weighted by Crippen LogP contribution is -2.22. The molecule has 6 nitrogen and oxygen atoms in total. The fourth-order valence-corrected chi connectivity index (χ4v) is 2.59. The van der Waals surface area contributed by atoms with Gasteiger partial charge < -0.3 is 14.6 Å². The molecule has 1 heterocycles. The van der Waals surface area contributed by atoms with Crippen molar-refractivity contribution >= 4 is 28.7 Å². The maximum absolute atomic E-state index is 12.3. The van der Waals surface area contributed by atoms with E-state index >= 15 is 0 Å². The quantitative estimate of drug-likeness (QED) is 0.742. The zero-order valence-electron chi connectivity index (χ0n) is 13.7. The maximum Gasteiger partial charge on any atom is 0.326 e. The molecule has 0 atom stereocenters. The molecule has 0 aliphatic carbocycles. The predicted octanol–water partition coefficient (Wildman–Crippen LogP) is 4.10. The second-order valence-corrected chi connectivity index (χ2v) is 5.39. The van der Waals surface area contributed by atoms with Gasteiger partial charge in [-0.2, -0.15) is 0 Å². The Balaban J connectivity index is 1.80. The van der Waals surface area contributed by atoms with Crippen LogP contribution in [0.15, 0.2) is 48.5 Å². The number of methoxy groups -OCH3 is 1. The van der Waals surface area contributed by atoms with Crippen LogP contribution in [0.2, 0.25) is 0 Å². The number of rotatable bonds is 5. The molecule has 1 aromatic heterocycles. The van der Waals surface area contributed by atoms with Crippen LogP contribution in [0.4, 0.5) is 16.4 Å². The second kappa shape index (κ2) is 7.04. The summed E-state index contributed by atoms with van der Waals surface area (Å²) in [6, 6.07) is 14.7. The Labute approximate surface area is 140 Å². The van der Waals surface area contributed by atoms with Gasteiger partial charge in [0.25, 0.3) is 0 Å². The summed E-state index contributed by atoms with van der Waals surface area (Å²) in [7, 11) is 1.59. The molecule has 3 rings (SSSR count). The van der Waals surface area contributed by atoms with Crippen LogP contribution in [-0.4, -0.2) is 22.7 Å². The molecule has 0 aliphatic heterocycles. The predicted molar refractivity (Wildman–Crippen MR) is 95.7 cm³/mol. The molecule has 124 valence electrons. The summed E-state index contributed by atoms with van der Waals surface area (Å²) in [5.41, 5.74) is 2.53. The van der Waals surface area contributed by atoms with E-state index in [9.17, 15) is 4.79 Å². The largest absolute Gasteiger partial charge is 0.497 e. The molecule has 2 N–H and O–H groups in total. The highest BCUT2D eigenvalue weighted by Crippen LogP contribution is 2.21. The highest BCUT2D eigenvalue weighted by molar-refractivity contribution is 5.99. The van der Waals surface area contributed by atoms with Crippen molar-refractivity contribution < 1.29 is 9.53 Å². The average Bonchev–Trinajstić information content (AvgIpc) is 2.93. The molecule has 0 saturated heterocycles. The van der Waals surface area contributed by atoms with Crippen molar-refractivity contribution in [2.45, 2.75) is 19.9 Å². The van der Waals surface area contributed by atoms with Gasteiger partial charge in [-0.1, -0.05) is 25.1 Å². The van der Waals surface area contributed by atoms with Crippen molar-refractivity contribution in [3.8, 4) is 5.75 Å². The molecule has 0 bridgehead atoms. The number of hydrogen-bond acceptors (Lipinski definition) is 3. The fraction of sp³-hybridized carbons (Fsp3) is 0.222. The van der Waals surface area contributed by atoms with E-state index in [2.05, 4.69) is 22.5 Å². The second-order valence-electron chi connectivity index (χ2n) is 5.39. The fourth-order valence-electron chi connectivity index (χ4n) is 2.59. The first-order valence-electron chi connectivity index (χ1n) is 7.88. The molecule has 6 heteroatoms. The number of imidazole rings is 1. The number of hydrogen-bond donors (Lipinski definition) is 2. The van der Waals surface area contributed by atoms with Crippen LogP contribution in [0.1, 0.15) is 13.3 Å². The van der Waals surface area contributed by atoms with Crippen LogP contribution in [0, 0.1) is 0 Å². The van der Waals surface area contributed by atoms with Crippen LogP contribution < -0.4 is 15.4 Å². The summed E-state index contributed by atoms with van der Waals surface area (Å²) in [4.78, 5) is 16.8. The Morgan fingerprint density at radius 3 is 2.79 bits per heavy atom. The monoisotopic (exact) mass is 324 g/mol. The normalized spacial score (nSPS) is 10.6. The summed E-state index contributed by atoms with van der Waals surface area (Å²) >= 11 is 0. The summed E-state index contributed by atoms with van der Waals surface area (Å²) in [5, 5.41) is 5.63. The average molecular weight is 324 g/mol. The lowest BCUT2D eigenvalue weighted by atomic mass is 10.3. The summed E-state index contributed by atoms with van der Waals surface area (Å²) < 4.78 is 7.17. The Kier molecular flexibility index (Phi) is 4.65. The Hall–Kier alpha value is -3.02. The Morgan fingerprint density at radius 2 is 2.00 bits per heavy atom. The third-order valence-electron chi connectivity index (χ3n) is 3.65. The number of anilines is 2. The first kappa shape index (κ1) is 15.9. The Morgan fingerprint density at radius 1 is 1.17 bits per heavy atom. The lowest BCUT2D eigenvalue weighted by Gasteiger charge is -2.10. The van der Waals surface area contributed by atoms with E-state index in [0.29, 0.717) is 17.4 Å². The SMILES string of the molecule is CCCn1c(NC(=O)Nc2cccc(OC)c2)nc2ccccc21. The van der Waals surface area contributed by atoms with E-state index < -0.39 is 0 Å². The number of fused-ring (bicyclic) bond motifs is 1. The van der Waals surface area contributed by atoms with Gasteiger partial charge in [-0.05, 0) is 30.7 Å². The zero-order valence-corrected chi connectivity index (χ0v) is 13.7. The number of benzene rings is 2. The number of urea groups is 1. The molecule has 3 aromatic rings. The minimum atomic E-state index is -0.337. The van der Waals surface area contributed by atoms with Gasteiger partial charge in [0.1, 0.15) is 5.75 Å². The van der Waals surface area contributed by atoms with Crippen LogP contribution >= 0.6 is 0 Å². The number of nitrogens with zero attached hydrogens (tertiary/aromatic N) is 2. The summed E-state index contributed by atoms with van der Waals surface area (Å²) in [5.74, 6) is 1.23. The van der Waals surface area contributed by atoms with Crippen molar-refractivity contribution in [2.24, 2.45) is 0 Å². The topological polar surface area (TPSA) is 68.2 Å². The molecule has 2 aromatic carbocycles. The van der Waals surface area contributed by atoms with Crippen molar-refractivity contribution in [1.82, 2.24) is 9.55 Å². The zero-order chi connectivity index (χ0) is 16.9. The van der Waals surface area contributed by atoms with Crippen molar-refractivity contribution in [2.75, 3.05) is 17.7 Å². The molecule has 0 saturated carbocycles. The van der Waals surface area contributed by atoms with Gasteiger partial charge in [-0.3, -0.25) is 5.32 Å². The van der Waals surface area contributed by atoms with Gasteiger partial charge in [0.05, 0.1) is 18.1 Å². The number of aryl methyl sites for hydroxylation is 1. The number of ether oxygens (including phenoxy) is 1. The summed E-state index contributed by atoms with van der Waals surface area (Å²) in [6.45, 7) is 2.88. The first-order valence-corrected chi connectivity index (χ1v) is 7.88. The van der Waals surface area contributed by atoms with Crippen molar-refractivity contribution in [1.29, 1.82) is 0 Å². The molecule has 0 spiro atoms. The van der Waals surface area contributed by atoms with Crippen LogP contribution in [0.5, 0.6) is 5.75 Å². The molecule has 0 aliphatic rings. The molecular weight excluding hydrogens is 304 g/mol. The number of amides is 2. The molecule has 0 radical (unpaired) electrons. The number of carbonyl (C=O) groups is 1. The lowest BCUT2D eigenvalue weighted by molar-refractivity contribution is 0.262. The number of carbonyl (C=O) groups excluding carboxylic acids is 1. The van der Waals surface area contributed by atoms with Gasteiger partial charge in [-0.15, -0.1) is 0 Å². The van der Waals surface area contributed by atoms with Gasteiger partial charge >= 0.3 is 6.03 Å². The molecule has 0 unspecified atom stereocenters. The molecular formula is C18H20N4O2. The first-order chi connectivity index (χ1) is 11.7. The van der Waals surface area contributed by atoms with Gasteiger partial charge in [0.15, 0.2) is 0 Å². The van der Waals surface area contributed by atoms with Crippen molar-refractivity contribution in [3.05, 3.63) is 48.5 Å². The standard InChI is InChI=1S/C18H20N4O2/c1-3-11-22-16-10-5-4-9-15(16)20-17(22)21-18(23)19-13-7-6-8-14(12-13)24-2/h4-10,12H,3,11H2,1-2H3,(H2,19,20,21,23). The van der Waals surface area contributed by atoms with E-state index in [4.69, 9.17) is 4.74 Å². The number of aromatic nitrogens is 2. The van der Waals surface area contributed by atoms with E-state index in [0.717, 1.165) is 24.0 Å².